The highest BCUT2D eigenvalue weighted by molar-refractivity contribution is 6.01. The number of piperidine rings is 1. The van der Waals surface area contributed by atoms with Crippen molar-refractivity contribution in [3.63, 3.8) is 0 Å². The van der Waals surface area contributed by atoms with Gasteiger partial charge in [-0.05, 0) is 57.7 Å². The van der Waals surface area contributed by atoms with Gasteiger partial charge in [0.05, 0.1) is 11.1 Å². The first kappa shape index (κ1) is 19.2. The van der Waals surface area contributed by atoms with Gasteiger partial charge in [0, 0.05) is 43.3 Å². The van der Waals surface area contributed by atoms with Crippen molar-refractivity contribution in [2.45, 2.75) is 51.1 Å². The Morgan fingerprint density at radius 3 is 2.64 bits per heavy atom. The highest BCUT2D eigenvalue weighted by Crippen LogP contribution is 2.28. The molecule has 2 aliphatic rings. The Labute approximate surface area is 166 Å². The first-order valence-corrected chi connectivity index (χ1v) is 10.3. The molecule has 4 rings (SSSR count). The monoisotopic (exact) mass is 382 g/mol. The van der Waals surface area contributed by atoms with Crippen molar-refractivity contribution in [3.05, 3.63) is 35.4 Å². The number of carbonyl (C=O) groups is 1. The van der Waals surface area contributed by atoms with Crippen molar-refractivity contribution in [2.75, 3.05) is 31.2 Å². The summed E-state index contributed by atoms with van der Waals surface area (Å²) in [5, 5.41) is 4.82. The van der Waals surface area contributed by atoms with E-state index in [-0.39, 0.29) is 5.54 Å². The molecule has 150 valence electrons. The Hall–Kier alpha value is -2.18. The van der Waals surface area contributed by atoms with E-state index in [0.29, 0.717) is 11.6 Å². The first-order chi connectivity index (χ1) is 13.4. The van der Waals surface area contributed by atoms with Gasteiger partial charge in [-0.25, -0.2) is 4.98 Å². The van der Waals surface area contributed by atoms with E-state index in [9.17, 15) is 4.79 Å². The number of nitrogens with two attached hydrogens (primary N) is 1. The molecule has 6 heteroatoms. The van der Waals surface area contributed by atoms with Crippen LogP contribution in [0.5, 0.6) is 0 Å². The number of ether oxygens (including phenoxy) is 1. The summed E-state index contributed by atoms with van der Waals surface area (Å²) in [6, 6.07) is 8.48. The van der Waals surface area contributed by atoms with Gasteiger partial charge in [-0.1, -0.05) is 11.6 Å². The third-order valence-electron chi connectivity index (χ3n) is 6.16. The second-order valence-corrected chi connectivity index (χ2v) is 8.50. The van der Waals surface area contributed by atoms with Crippen LogP contribution in [0, 0.1) is 6.92 Å². The molecule has 1 aromatic heterocycles. The number of nitrogens with one attached hydrogen (secondary N) is 1. The SMILES string of the molecule is Cc1ccc2nc(N3CCC(NC4(C)CCOCC4)CC3)c(C(N)=O)cc2c1. The van der Waals surface area contributed by atoms with Gasteiger partial charge in [-0.3, -0.25) is 4.79 Å². The summed E-state index contributed by atoms with van der Waals surface area (Å²) in [5.74, 6) is 0.306. The van der Waals surface area contributed by atoms with Gasteiger partial charge in [-0.2, -0.15) is 0 Å². The highest BCUT2D eigenvalue weighted by atomic mass is 16.5. The van der Waals surface area contributed by atoms with E-state index in [0.717, 1.165) is 74.3 Å². The highest BCUT2D eigenvalue weighted by Gasteiger charge is 2.32. The minimum absolute atomic E-state index is 0.169. The van der Waals surface area contributed by atoms with Crippen molar-refractivity contribution < 1.29 is 9.53 Å². The number of hydrogen-bond acceptors (Lipinski definition) is 5. The Balaban J connectivity index is 1.50. The smallest absolute Gasteiger partial charge is 0.252 e. The zero-order valence-corrected chi connectivity index (χ0v) is 16.8. The maximum atomic E-state index is 12.1. The lowest BCUT2D eigenvalue weighted by Crippen LogP contribution is -2.54. The lowest BCUT2D eigenvalue weighted by molar-refractivity contribution is 0.0391. The van der Waals surface area contributed by atoms with Crippen LogP contribution in [0.3, 0.4) is 0 Å². The minimum Gasteiger partial charge on any atom is -0.381 e. The van der Waals surface area contributed by atoms with E-state index >= 15 is 0 Å². The van der Waals surface area contributed by atoms with Crippen LogP contribution in [0.25, 0.3) is 10.9 Å². The molecule has 3 N–H and O–H groups in total. The van der Waals surface area contributed by atoms with Crippen LogP contribution in [0.2, 0.25) is 0 Å². The zero-order valence-electron chi connectivity index (χ0n) is 16.8. The fraction of sp³-hybridized carbons (Fsp3) is 0.545. The Kier molecular flexibility index (Phi) is 5.25. The van der Waals surface area contributed by atoms with Gasteiger partial charge in [0.2, 0.25) is 0 Å². The van der Waals surface area contributed by atoms with E-state index in [1.54, 1.807) is 0 Å². The average molecular weight is 383 g/mol. The fourth-order valence-corrected chi connectivity index (χ4v) is 4.40. The Morgan fingerprint density at radius 1 is 1.25 bits per heavy atom. The molecule has 0 radical (unpaired) electrons. The molecular formula is C22H30N4O2. The molecule has 0 unspecified atom stereocenters. The van der Waals surface area contributed by atoms with Crippen LogP contribution in [-0.4, -0.2) is 48.8 Å². The molecule has 1 aromatic carbocycles. The van der Waals surface area contributed by atoms with E-state index in [1.807, 2.05) is 31.2 Å². The number of primary amides is 1. The molecular weight excluding hydrogens is 352 g/mol. The van der Waals surface area contributed by atoms with Crippen LogP contribution in [0.4, 0.5) is 5.82 Å². The lowest BCUT2D eigenvalue weighted by atomic mass is 9.90. The molecule has 2 saturated heterocycles. The topological polar surface area (TPSA) is 80.5 Å². The maximum Gasteiger partial charge on any atom is 0.252 e. The van der Waals surface area contributed by atoms with Crippen LogP contribution < -0.4 is 16.0 Å². The number of anilines is 1. The van der Waals surface area contributed by atoms with Gasteiger partial charge in [0.15, 0.2) is 0 Å². The van der Waals surface area contributed by atoms with Crippen LogP contribution >= 0.6 is 0 Å². The normalized spacial score (nSPS) is 20.4. The molecule has 0 bridgehead atoms. The Bertz CT molecular complexity index is 868. The number of hydrogen-bond donors (Lipinski definition) is 2. The largest absolute Gasteiger partial charge is 0.381 e. The number of pyridine rings is 1. The van der Waals surface area contributed by atoms with E-state index < -0.39 is 5.91 Å². The molecule has 2 fully saturated rings. The number of fused-ring (bicyclic) bond motifs is 1. The predicted molar refractivity (Wildman–Crippen MR) is 112 cm³/mol. The van der Waals surface area contributed by atoms with Crippen LogP contribution in [0.1, 0.15) is 48.5 Å². The summed E-state index contributed by atoms with van der Waals surface area (Å²) in [7, 11) is 0. The molecule has 0 saturated carbocycles. The van der Waals surface area contributed by atoms with Gasteiger partial charge >= 0.3 is 0 Å². The van der Waals surface area contributed by atoms with Gasteiger partial charge < -0.3 is 20.7 Å². The van der Waals surface area contributed by atoms with Gasteiger partial charge in [0.25, 0.3) is 5.91 Å². The summed E-state index contributed by atoms with van der Waals surface area (Å²) in [4.78, 5) is 19.1. The lowest BCUT2D eigenvalue weighted by Gasteiger charge is -2.41. The summed E-state index contributed by atoms with van der Waals surface area (Å²) in [6.07, 6.45) is 4.18. The molecule has 6 nitrogen and oxygen atoms in total. The van der Waals surface area contributed by atoms with Crippen LogP contribution in [-0.2, 0) is 4.74 Å². The van der Waals surface area contributed by atoms with Gasteiger partial charge in [0.1, 0.15) is 5.82 Å². The van der Waals surface area contributed by atoms with Gasteiger partial charge in [-0.15, -0.1) is 0 Å². The average Bonchev–Trinajstić information content (AvgIpc) is 2.68. The molecule has 2 aromatic rings. The minimum atomic E-state index is -0.416. The summed E-state index contributed by atoms with van der Waals surface area (Å²) in [5.41, 5.74) is 8.42. The summed E-state index contributed by atoms with van der Waals surface area (Å²) >= 11 is 0. The Morgan fingerprint density at radius 2 is 1.96 bits per heavy atom. The quantitative estimate of drug-likeness (QED) is 0.850. The molecule has 28 heavy (non-hydrogen) atoms. The number of aromatic nitrogens is 1. The number of aryl methyl sites for hydroxylation is 1. The molecule has 1 amide bonds. The summed E-state index contributed by atoms with van der Waals surface area (Å²) < 4.78 is 5.51. The van der Waals surface area contributed by atoms with E-state index in [1.165, 1.54) is 0 Å². The predicted octanol–water partition coefficient (Wildman–Crippen LogP) is 2.77. The molecule has 0 atom stereocenters. The summed E-state index contributed by atoms with van der Waals surface area (Å²) in [6.45, 7) is 7.76. The maximum absolute atomic E-state index is 12.1. The molecule has 0 aliphatic carbocycles. The molecule has 3 heterocycles. The molecule has 0 spiro atoms. The van der Waals surface area contributed by atoms with Crippen molar-refractivity contribution in [1.82, 2.24) is 10.3 Å². The zero-order chi connectivity index (χ0) is 19.7. The number of rotatable bonds is 4. The fourth-order valence-electron chi connectivity index (χ4n) is 4.40. The van der Waals surface area contributed by atoms with E-state index in [2.05, 4.69) is 17.1 Å². The van der Waals surface area contributed by atoms with Crippen molar-refractivity contribution in [2.24, 2.45) is 5.73 Å². The molecule has 2 aliphatic heterocycles. The van der Waals surface area contributed by atoms with E-state index in [4.69, 9.17) is 15.5 Å². The second-order valence-electron chi connectivity index (χ2n) is 8.50. The number of nitrogens with zero attached hydrogens (tertiary/aromatic N) is 2. The number of benzene rings is 1. The van der Waals surface area contributed by atoms with Crippen LogP contribution in [0.15, 0.2) is 24.3 Å². The second kappa shape index (κ2) is 7.68. The van der Waals surface area contributed by atoms with Crippen molar-refractivity contribution in [1.29, 1.82) is 0 Å². The first-order valence-electron chi connectivity index (χ1n) is 10.3. The third kappa shape index (κ3) is 3.98. The third-order valence-corrected chi connectivity index (χ3v) is 6.16. The van der Waals surface area contributed by atoms with Crippen molar-refractivity contribution in [3.8, 4) is 0 Å². The van der Waals surface area contributed by atoms with Crippen molar-refractivity contribution >= 4 is 22.6 Å². The standard InChI is InChI=1S/C22H30N4O2/c1-15-3-4-19-16(13-15)14-18(20(23)27)21(24-19)26-9-5-17(6-10-26)25-22(2)7-11-28-12-8-22/h3-4,13-14,17,25H,5-12H2,1-2H3,(H2,23,27). The number of carbonyl (C=O) groups excluding carboxylic acids is 1. The number of amides is 1.